The fraction of sp³-hybridized carbons (Fsp3) is 0.125. The number of carbonyl (C=O) groups is 2. The van der Waals surface area contributed by atoms with E-state index < -0.39 is 11.5 Å². The third-order valence-corrected chi connectivity index (χ3v) is 8.09. The lowest BCUT2D eigenvalue weighted by Gasteiger charge is -2.23. The molecule has 8 rings (SSSR count). The predicted molar refractivity (Wildman–Crippen MR) is 184 cm³/mol. The van der Waals surface area contributed by atoms with Gasteiger partial charge in [0.05, 0.1) is 41.1 Å². The average molecular weight is 699 g/mol. The molecule has 49 heavy (non-hydrogen) atoms. The molecule has 0 saturated heterocycles. The van der Waals surface area contributed by atoms with Gasteiger partial charge in [-0.05, 0) is 50.2 Å². The molecule has 6 heterocycles. The molecule has 246 valence electrons. The van der Waals surface area contributed by atoms with E-state index in [1.54, 1.807) is 56.7 Å². The minimum absolute atomic E-state index is 0.0761. The van der Waals surface area contributed by atoms with E-state index >= 15 is 0 Å². The van der Waals surface area contributed by atoms with Crippen LogP contribution in [0.4, 0.5) is 0 Å². The van der Waals surface area contributed by atoms with Gasteiger partial charge >= 0.3 is 5.97 Å². The minimum Gasteiger partial charge on any atom is -0.478 e. The minimum atomic E-state index is -1.06. The lowest BCUT2D eigenvalue weighted by molar-refractivity contribution is 0.0698. The Balaban J connectivity index is 0.000000157. The number of rotatable bonds is 6. The van der Waals surface area contributed by atoms with Gasteiger partial charge in [-0.3, -0.25) is 15.0 Å². The Morgan fingerprint density at radius 3 is 1.78 bits per heavy atom. The van der Waals surface area contributed by atoms with Crippen LogP contribution in [-0.4, -0.2) is 84.5 Å². The Kier molecular flexibility index (Phi) is 7.94. The molecule has 0 spiro atoms. The highest BCUT2D eigenvalue weighted by atomic mass is 35.5. The van der Waals surface area contributed by atoms with Crippen molar-refractivity contribution in [1.82, 2.24) is 55.6 Å². The molecule has 17 heteroatoms. The average Bonchev–Trinajstić information content (AvgIpc) is 3.88. The van der Waals surface area contributed by atoms with E-state index in [0.29, 0.717) is 60.7 Å². The smallest absolute Gasteiger partial charge is 0.339 e. The van der Waals surface area contributed by atoms with Gasteiger partial charge in [-0.25, -0.2) is 24.7 Å². The van der Waals surface area contributed by atoms with Crippen LogP contribution in [0, 0.1) is 0 Å². The van der Waals surface area contributed by atoms with Crippen LogP contribution in [-0.2, 0) is 0 Å². The molecule has 0 atom stereocenters. The number of aromatic nitrogens is 10. The van der Waals surface area contributed by atoms with Crippen molar-refractivity contribution in [3.8, 4) is 22.8 Å². The topological polar surface area (TPSA) is 227 Å². The van der Waals surface area contributed by atoms with E-state index in [2.05, 4.69) is 55.6 Å². The summed E-state index contributed by atoms with van der Waals surface area (Å²) in [4.78, 5) is 47.1. The Hall–Kier alpha value is -5.90. The monoisotopic (exact) mass is 697 g/mol. The summed E-state index contributed by atoms with van der Waals surface area (Å²) in [6, 6.07) is 10.8. The maximum absolute atomic E-state index is 12.6. The molecule has 8 aromatic rings. The van der Waals surface area contributed by atoms with Crippen LogP contribution in [0.1, 0.15) is 34.6 Å². The van der Waals surface area contributed by atoms with Gasteiger partial charge in [0, 0.05) is 33.2 Å². The van der Waals surface area contributed by atoms with E-state index in [1.807, 2.05) is 12.1 Å². The molecule has 6 aromatic heterocycles. The second kappa shape index (κ2) is 12.3. The first kappa shape index (κ1) is 31.7. The number of carboxylic acid groups (broad SMARTS) is 1. The summed E-state index contributed by atoms with van der Waals surface area (Å²) in [5, 5.41) is 38.6. The summed E-state index contributed by atoms with van der Waals surface area (Å²) >= 11 is 12.0. The van der Waals surface area contributed by atoms with Gasteiger partial charge < -0.3 is 25.5 Å². The largest absolute Gasteiger partial charge is 0.478 e. The van der Waals surface area contributed by atoms with Gasteiger partial charge in [-0.2, -0.15) is 10.2 Å². The number of H-pyrrole nitrogens is 4. The lowest BCUT2D eigenvalue weighted by atomic mass is 10.1. The van der Waals surface area contributed by atoms with Gasteiger partial charge in [0.15, 0.2) is 11.3 Å². The number of nitrogens with one attached hydrogen (secondary N) is 5. The molecule has 1 amide bonds. The number of aromatic amines is 4. The quantitative estimate of drug-likeness (QED) is 0.115. The third kappa shape index (κ3) is 6.01. The van der Waals surface area contributed by atoms with E-state index in [0.717, 1.165) is 21.8 Å². The molecule has 7 N–H and O–H groups in total. The molecule has 2 aromatic carbocycles. The SMILES string of the molecule is CC(C)(CO)NC(=O)c1c[nH]c2ncc(-c3n[nH]c4cc(Cl)ccc34)nc12.O=C(O)c1c[nH]c2ncc(-c3n[nH]c4cc(Cl)ccc34)nc12. The van der Waals surface area contributed by atoms with Crippen LogP contribution >= 0.6 is 23.2 Å². The normalized spacial score (nSPS) is 11.7. The van der Waals surface area contributed by atoms with Crippen LogP contribution in [0.2, 0.25) is 10.0 Å². The van der Waals surface area contributed by atoms with E-state index in [1.165, 1.54) is 6.20 Å². The van der Waals surface area contributed by atoms with Crippen LogP contribution < -0.4 is 5.32 Å². The standard InChI is InChI=1S/C18H17ClN6O2.C14H8ClN5O2/c1-18(2,8-26)23-17(27)11-6-20-16-15(11)22-13(7-21-16)14-10-4-3-9(19)5-12(10)24-25-14;15-6-1-2-7-9(3-6)19-20-11(7)10-5-17-13-12(18-10)8(4-16-13)14(21)22/h3-7,26H,8H2,1-2H3,(H,20,21)(H,23,27)(H,24,25);1-5H,(H,16,17)(H,19,20)(H,21,22). The molecule has 0 unspecified atom stereocenters. The Morgan fingerprint density at radius 2 is 1.29 bits per heavy atom. The molecule has 0 fully saturated rings. The second-order valence-corrected chi connectivity index (χ2v) is 12.5. The molecular weight excluding hydrogens is 673 g/mol. The van der Waals surface area contributed by atoms with Gasteiger partial charge in [-0.1, -0.05) is 23.2 Å². The van der Waals surface area contributed by atoms with Gasteiger partial charge in [0.25, 0.3) is 5.91 Å². The Morgan fingerprint density at radius 1 is 0.796 bits per heavy atom. The zero-order valence-corrected chi connectivity index (χ0v) is 27.1. The van der Waals surface area contributed by atoms with Gasteiger partial charge in [0.2, 0.25) is 0 Å². The van der Waals surface area contributed by atoms with Crippen molar-refractivity contribution in [1.29, 1.82) is 0 Å². The van der Waals surface area contributed by atoms with Crippen LogP contribution in [0.15, 0.2) is 61.2 Å². The first-order valence-corrected chi connectivity index (χ1v) is 15.4. The van der Waals surface area contributed by atoms with Crippen LogP contribution in [0.25, 0.3) is 66.9 Å². The number of aromatic carboxylic acids is 1. The highest BCUT2D eigenvalue weighted by Crippen LogP contribution is 2.29. The van der Waals surface area contributed by atoms with Crippen LogP contribution in [0.3, 0.4) is 0 Å². The predicted octanol–water partition coefficient (Wildman–Crippen LogP) is 5.51. The van der Waals surface area contributed by atoms with Gasteiger partial charge in [0.1, 0.15) is 39.4 Å². The van der Waals surface area contributed by atoms with Crippen molar-refractivity contribution >= 4 is 79.2 Å². The first-order valence-electron chi connectivity index (χ1n) is 14.6. The summed E-state index contributed by atoms with van der Waals surface area (Å²) in [5.74, 6) is -1.40. The Labute approximate surface area is 285 Å². The van der Waals surface area contributed by atoms with Crippen molar-refractivity contribution in [2.45, 2.75) is 19.4 Å². The zero-order chi connectivity index (χ0) is 34.4. The maximum Gasteiger partial charge on any atom is 0.339 e. The van der Waals surface area contributed by atoms with E-state index in [9.17, 15) is 19.8 Å². The highest BCUT2D eigenvalue weighted by molar-refractivity contribution is 6.31. The van der Waals surface area contributed by atoms with Crippen molar-refractivity contribution < 1.29 is 19.8 Å². The summed E-state index contributed by atoms with van der Waals surface area (Å²) in [7, 11) is 0. The molecule has 0 bridgehead atoms. The number of hydrogen-bond donors (Lipinski definition) is 7. The number of nitrogens with zero attached hydrogens (tertiary/aromatic N) is 6. The number of carboxylic acids is 1. The summed E-state index contributed by atoms with van der Waals surface area (Å²) < 4.78 is 0. The fourth-order valence-corrected chi connectivity index (χ4v) is 5.48. The highest BCUT2D eigenvalue weighted by Gasteiger charge is 2.23. The molecule has 0 aliphatic carbocycles. The van der Waals surface area contributed by atoms with Crippen molar-refractivity contribution in [2.75, 3.05) is 6.61 Å². The number of hydrogen-bond acceptors (Lipinski definition) is 9. The van der Waals surface area contributed by atoms with Crippen molar-refractivity contribution in [3.05, 3.63) is 82.4 Å². The zero-order valence-electron chi connectivity index (χ0n) is 25.6. The van der Waals surface area contributed by atoms with E-state index in [4.69, 9.17) is 23.2 Å². The van der Waals surface area contributed by atoms with Gasteiger partial charge in [-0.15, -0.1) is 0 Å². The Bertz CT molecular complexity index is 2550. The molecule has 0 aliphatic heterocycles. The molecule has 0 radical (unpaired) electrons. The molecule has 15 nitrogen and oxygen atoms in total. The van der Waals surface area contributed by atoms with E-state index in [-0.39, 0.29) is 18.1 Å². The summed E-state index contributed by atoms with van der Waals surface area (Å²) in [5.41, 5.74) is 5.14. The maximum atomic E-state index is 12.6. The molecule has 0 aliphatic rings. The summed E-state index contributed by atoms with van der Waals surface area (Å²) in [6.45, 7) is 3.29. The number of fused-ring (bicyclic) bond motifs is 4. The first-order chi connectivity index (χ1) is 23.5. The third-order valence-electron chi connectivity index (χ3n) is 7.62. The number of aliphatic hydroxyl groups is 1. The lowest BCUT2D eigenvalue weighted by Crippen LogP contribution is -2.46. The van der Waals surface area contributed by atoms with Crippen molar-refractivity contribution in [2.24, 2.45) is 0 Å². The number of carbonyl (C=O) groups excluding carboxylic acids is 1. The second-order valence-electron chi connectivity index (χ2n) is 11.6. The van der Waals surface area contributed by atoms with Crippen molar-refractivity contribution in [3.63, 3.8) is 0 Å². The fourth-order valence-electron chi connectivity index (χ4n) is 5.14. The van der Waals surface area contributed by atoms with Crippen LogP contribution in [0.5, 0.6) is 0 Å². The number of halogens is 2. The summed E-state index contributed by atoms with van der Waals surface area (Å²) in [6.07, 6.45) is 6.08. The number of benzene rings is 2. The number of amides is 1. The molecule has 0 saturated carbocycles. The molecular formula is C32H25Cl2N11O4. The number of aliphatic hydroxyl groups excluding tert-OH is 1.